The molecule has 1 aromatic rings. The van der Waals surface area contributed by atoms with E-state index >= 15 is 0 Å². The van der Waals surface area contributed by atoms with E-state index < -0.39 is 9.84 Å². The number of amides is 1. The highest BCUT2D eigenvalue weighted by molar-refractivity contribution is 7.91. The Morgan fingerprint density at radius 3 is 2.87 bits per heavy atom. The SMILES string of the molecule is CN(C)CCCNC(=O)c1cc(NC2CCS(=O)(=O)C2)ccn1. The number of nitrogens with zero attached hydrogens (tertiary/aromatic N) is 2. The first-order chi connectivity index (χ1) is 10.9. The van der Waals surface area contributed by atoms with Gasteiger partial charge in [-0.05, 0) is 45.6 Å². The standard InChI is InChI=1S/C15H24N4O3S/c1-19(2)8-3-6-17-15(20)14-10-12(4-7-16-14)18-13-5-9-23(21,22)11-13/h4,7,10,13H,3,5-6,8-9,11H2,1-2H3,(H,16,18)(H,17,20). The minimum Gasteiger partial charge on any atom is -0.381 e. The molecule has 2 N–H and O–H groups in total. The van der Waals surface area contributed by atoms with E-state index in [1.165, 1.54) is 0 Å². The Bertz CT molecular complexity index is 646. The smallest absolute Gasteiger partial charge is 0.269 e. The summed E-state index contributed by atoms with van der Waals surface area (Å²) in [6, 6.07) is 3.30. The third-order valence-corrected chi connectivity index (χ3v) is 5.43. The van der Waals surface area contributed by atoms with Gasteiger partial charge in [0.1, 0.15) is 5.69 Å². The fraction of sp³-hybridized carbons (Fsp3) is 0.600. The van der Waals surface area contributed by atoms with Crippen LogP contribution in [0.1, 0.15) is 23.3 Å². The summed E-state index contributed by atoms with van der Waals surface area (Å²) < 4.78 is 23.0. The molecule has 7 nitrogen and oxygen atoms in total. The van der Waals surface area contributed by atoms with E-state index in [0.717, 1.165) is 18.7 Å². The zero-order chi connectivity index (χ0) is 16.9. The maximum atomic E-state index is 12.1. The highest BCUT2D eigenvalue weighted by atomic mass is 32.2. The number of rotatable bonds is 7. The van der Waals surface area contributed by atoms with Crippen LogP contribution in [-0.4, -0.2) is 68.9 Å². The molecule has 1 saturated heterocycles. The topological polar surface area (TPSA) is 91.4 Å². The molecule has 1 unspecified atom stereocenters. The van der Waals surface area contributed by atoms with E-state index in [0.29, 0.717) is 18.7 Å². The lowest BCUT2D eigenvalue weighted by Crippen LogP contribution is -2.28. The first-order valence-corrected chi connectivity index (χ1v) is 9.54. The first-order valence-electron chi connectivity index (χ1n) is 7.72. The molecule has 1 atom stereocenters. The van der Waals surface area contributed by atoms with Crippen molar-refractivity contribution < 1.29 is 13.2 Å². The molecule has 0 radical (unpaired) electrons. The molecule has 0 aromatic carbocycles. The van der Waals surface area contributed by atoms with Crippen molar-refractivity contribution in [1.82, 2.24) is 15.2 Å². The zero-order valence-electron chi connectivity index (χ0n) is 13.6. The maximum absolute atomic E-state index is 12.1. The van der Waals surface area contributed by atoms with Crippen LogP contribution >= 0.6 is 0 Å². The van der Waals surface area contributed by atoms with Crippen LogP contribution in [0.2, 0.25) is 0 Å². The van der Waals surface area contributed by atoms with Crippen LogP contribution in [0, 0.1) is 0 Å². The molecular formula is C15H24N4O3S. The van der Waals surface area contributed by atoms with Gasteiger partial charge in [-0.15, -0.1) is 0 Å². The number of carbonyl (C=O) groups is 1. The second kappa shape index (κ2) is 7.74. The van der Waals surface area contributed by atoms with Crippen molar-refractivity contribution in [3.05, 3.63) is 24.0 Å². The summed E-state index contributed by atoms with van der Waals surface area (Å²) in [5, 5.41) is 6.00. The van der Waals surface area contributed by atoms with Gasteiger partial charge in [0.05, 0.1) is 11.5 Å². The minimum atomic E-state index is -2.93. The lowest BCUT2D eigenvalue weighted by Gasteiger charge is -2.13. The second-order valence-corrected chi connectivity index (χ2v) is 8.32. The van der Waals surface area contributed by atoms with Crippen molar-refractivity contribution in [1.29, 1.82) is 0 Å². The van der Waals surface area contributed by atoms with Crippen molar-refractivity contribution in [2.75, 3.05) is 44.0 Å². The number of pyridine rings is 1. The van der Waals surface area contributed by atoms with Gasteiger partial charge in [-0.3, -0.25) is 9.78 Å². The normalized spacial score (nSPS) is 19.7. The summed E-state index contributed by atoms with van der Waals surface area (Å²) in [6.07, 6.45) is 3.02. The van der Waals surface area contributed by atoms with Crippen LogP contribution in [0.4, 0.5) is 5.69 Å². The van der Waals surface area contributed by atoms with Crippen molar-refractivity contribution in [2.45, 2.75) is 18.9 Å². The van der Waals surface area contributed by atoms with E-state index in [1.54, 1.807) is 18.3 Å². The Balaban J connectivity index is 1.88. The van der Waals surface area contributed by atoms with Gasteiger partial charge in [0.2, 0.25) is 0 Å². The summed E-state index contributed by atoms with van der Waals surface area (Å²) in [5.41, 5.74) is 1.06. The second-order valence-electron chi connectivity index (χ2n) is 6.09. The highest BCUT2D eigenvalue weighted by Gasteiger charge is 2.27. The Labute approximate surface area is 137 Å². The predicted molar refractivity (Wildman–Crippen MR) is 90.4 cm³/mol. The van der Waals surface area contributed by atoms with E-state index in [9.17, 15) is 13.2 Å². The molecule has 1 fully saturated rings. The van der Waals surface area contributed by atoms with Crippen molar-refractivity contribution in [2.24, 2.45) is 0 Å². The largest absolute Gasteiger partial charge is 0.381 e. The van der Waals surface area contributed by atoms with E-state index in [4.69, 9.17) is 0 Å². The summed E-state index contributed by atoms with van der Waals surface area (Å²) in [6.45, 7) is 1.50. The average Bonchev–Trinajstić information content (AvgIpc) is 2.82. The average molecular weight is 340 g/mol. The number of aromatic nitrogens is 1. The number of hydrogen-bond donors (Lipinski definition) is 2. The molecule has 0 aliphatic carbocycles. The van der Waals surface area contributed by atoms with Gasteiger partial charge in [0, 0.05) is 24.5 Å². The van der Waals surface area contributed by atoms with Crippen LogP contribution in [0.25, 0.3) is 0 Å². The molecule has 1 aromatic heterocycles. The molecule has 2 heterocycles. The van der Waals surface area contributed by atoms with Crippen LogP contribution in [0.15, 0.2) is 18.3 Å². The van der Waals surface area contributed by atoms with Crippen LogP contribution < -0.4 is 10.6 Å². The van der Waals surface area contributed by atoms with Gasteiger partial charge >= 0.3 is 0 Å². The van der Waals surface area contributed by atoms with Crippen molar-refractivity contribution >= 4 is 21.4 Å². The number of sulfone groups is 1. The van der Waals surface area contributed by atoms with Crippen molar-refractivity contribution in [3.63, 3.8) is 0 Å². The Hall–Kier alpha value is -1.67. The molecule has 8 heteroatoms. The van der Waals surface area contributed by atoms with Gasteiger partial charge in [-0.25, -0.2) is 8.42 Å². The predicted octanol–water partition coefficient (Wildman–Crippen LogP) is 0.362. The molecule has 0 spiro atoms. The molecule has 23 heavy (non-hydrogen) atoms. The number of anilines is 1. The van der Waals surface area contributed by atoms with Gasteiger partial charge in [0.15, 0.2) is 9.84 Å². The summed E-state index contributed by atoms with van der Waals surface area (Å²) in [5.74, 6) is 0.141. The highest BCUT2D eigenvalue weighted by Crippen LogP contribution is 2.17. The molecule has 1 aliphatic rings. The fourth-order valence-electron chi connectivity index (χ4n) is 2.48. The van der Waals surface area contributed by atoms with E-state index in [-0.39, 0.29) is 23.5 Å². The lowest BCUT2D eigenvalue weighted by molar-refractivity contribution is 0.0947. The minimum absolute atomic E-state index is 0.0987. The quantitative estimate of drug-likeness (QED) is 0.697. The molecule has 128 valence electrons. The fourth-order valence-corrected chi connectivity index (χ4v) is 4.15. The first kappa shape index (κ1) is 17.7. The molecule has 1 aliphatic heterocycles. The summed E-state index contributed by atoms with van der Waals surface area (Å²) in [4.78, 5) is 18.2. The maximum Gasteiger partial charge on any atom is 0.269 e. The van der Waals surface area contributed by atoms with Crippen molar-refractivity contribution in [3.8, 4) is 0 Å². The van der Waals surface area contributed by atoms with E-state index in [1.807, 2.05) is 14.1 Å². The molecule has 2 rings (SSSR count). The number of carbonyl (C=O) groups excluding carboxylic acids is 1. The Morgan fingerprint density at radius 1 is 1.43 bits per heavy atom. The third-order valence-electron chi connectivity index (χ3n) is 3.66. The third kappa shape index (κ3) is 5.80. The Kier molecular flexibility index (Phi) is 5.95. The van der Waals surface area contributed by atoms with E-state index in [2.05, 4.69) is 20.5 Å². The Morgan fingerprint density at radius 2 is 2.22 bits per heavy atom. The van der Waals surface area contributed by atoms with Gasteiger partial charge in [-0.1, -0.05) is 0 Å². The zero-order valence-corrected chi connectivity index (χ0v) is 14.4. The monoisotopic (exact) mass is 340 g/mol. The molecular weight excluding hydrogens is 316 g/mol. The van der Waals surface area contributed by atoms with Gasteiger partial charge in [0.25, 0.3) is 5.91 Å². The van der Waals surface area contributed by atoms with Crippen LogP contribution in [0.5, 0.6) is 0 Å². The number of hydrogen-bond acceptors (Lipinski definition) is 6. The molecule has 0 bridgehead atoms. The lowest BCUT2D eigenvalue weighted by atomic mass is 10.2. The molecule has 0 saturated carbocycles. The van der Waals surface area contributed by atoms with Gasteiger partial charge < -0.3 is 15.5 Å². The number of nitrogens with one attached hydrogen (secondary N) is 2. The van der Waals surface area contributed by atoms with Crippen LogP contribution in [-0.2, 0) is 9.84 Å². The van der Waals surface area contributed by atoms with Crippen LogP contribution in [0.3, 0.4) is 0 Å². The molecule has 1 amide bonds. The summed E-state index contributed by atoms with van der Waals surface area (Å²) >= 11 is 0. The summed E-state index contributed by atoms with van der Waals surface area (Å²) in [7, 11) is 1.05. The van der Waals surface area contributed by atoms with Gasteiger partial charge in [-0.2, -0.15) is 0 Å².